The van der Waals surface area contributed by atoms with Gasteiger partial charge in [-0.05, 0) is 45.4 Å². The van der Waals surface area contributed by atoms with E-state index >= 15 is 0 Å². The lowest BCUT2D eigenvalue weighted by Crippen LogP contribution is -2.23. The third-order valence-corrected chi connectivity index (χ3v) is 3.71. The van der Waals surface area contributed by atoms with Crippen LogP contribution in [0.5, 0.6) is 11.5 Å². The van der Waals surface area contributed by atoms with E-state index in [9.17, 15) is 4.79 Å². The van der Waals surface area contributed by atoms with E-state index < -0.39 is 0 Å². The van der Waals surface area contributed by atoms with Gasteiger partial charge in [-0.25, -0.2) is 0 Å². The van der Waals surface area contributed by atoms with Gasteiger partial charge in [0.1, 0.15) is 17.6 Å². The van der Waals surface area contributed by atoms with E-state index in [1.165, 1.54) is 6.08 Å². The normalized spacial score (nSPS) is 16.0. The molecule has 0 radical (unpaired) electrons. The molecule has 1 unspecified atom stereocenters. The molecule has 0 bridgehead atoms. The van der Waals surface area contributed by atoms with Crippen molar-refractivity contribution in [3.05, 3.63) is 29.3 Å². The zero-order chi connectivity index (χ0) is 17.4. The summed E-state index contributed by atoms with van der Waals surface area (Å²) in [5.41, 5.74) is 2.01. The molecule has 0 aliphatic carbocycles. The van der Waals surface area contributed by atoms with Gasteiger partial charge in [0.2, 0.25) is 5.91 Å². The zero-order valence-corrected chi connectivity index (χ0v) is 14.8. The van der Waals surface area contributed by atoms with Gasteiger partial charge in [0.05, 0.1) is 6.61 Å². The lowest BCUT2D eigenvalue weighted by Gasteiger charge is -2.10. The highest BCUT2D eigenvalue weighted by Crippen LogP contribution is 2.35. The van der Waals surface area contributed by atoms with Crippen molar-refractivity contribution in [1.29, 1.82) is 0 Å². The first-order valence-electron chi connectivity index (χ1n) is 8.64. The summed E-state index contributed by atoms with van der Waals surface area (Å²) in [6.45, 7) is 8.50. The fraction of sp³-hybridized carbons (Fsp3) is 0.526. The Labute approximate surface area is 144 Å². The van der Waals surface area contributed by atoms with E-state index in [4.69, 9.17) is 14.2 Å². The summed E-state index contributed by atoms with van der Waals surface area (Å²) >= 11 is 0. The Balaban J connectivity index is 1.97. The Bertz CT molecular complexity index is 583. The fourth-order valence-electron chi connectivity index (χ4n) is 2.62. The summed E-state index contributed by atoms with van der Waals surface area (Å²) in [7, 11) is 0. The number of carbonyl (C=O) groups excluding carboxylic acids is 1. The number of benzene rings is 1. The molecule has 1 aliphatic rings. The van der Waals surface area contributed by atoms with Crippen LogP contribution in [0.1, 0.15) is 38.3 Å². The second kappa shape index (κ2) is 9.33. The van der Waals surface area contributed by atoms with Crippen molar-refractivity contribution in [1.82, 2.24) is 5.32 Å². The molecule has 0 spiro atoms. The van der Waals surface area contributed by atoms with E-state index in [2.05, 4.69) is 5.32 Å². The van der Waals surface area contributed by atoms with Gasteiger partial charge in [0.15, 0.2) is 0 Å². The lowest BCUT2D eigenvalue weighted by atomic mass is 10.1. The minimum Gasteiger partial charge on any atom is -0.493 e. The van der Waals surface area contributed by atoms with Crippen molar-refractivity contribution >= 4 is 12.0 Å². The quantitative estimate of drug-likeness (QED) is 0.557. The van der Waals surface area contributed by atoms with E-state index in [1.807, 2.05) is 32.9 Å². The van der Waals surface area contributed by atoms with Gasteiger partial charge in [0, 0.05) is 43.4 Å². The van der Waals surface area contributed by atoms with E-state index in [0.29, 0.717) is 26.4 Å². The molecule has 0 saturated carbocycles. The third-order valence-electron chi connectivity index (χ3n) is 3.71. The Hall–Kier alpha value is -2.01. The van der Waals surface area contributed by atoms with Crippen molar-refractivity contribution in [2.75, 3.05) is 26.4 Å². The molecule has 0 fully saturated rings. The minimum absolute atomic E-state index is 0.122. The summed E-state index contributed by atoms with van der Waals surface area (Å²) in [6, 6.07) is 3.96. The minimum atomic E-state index is -0.122. The smallest absolute Gasteiger partial charge is 0.244 e. The van der Waals surface area contributed by atoms with Crippen LogP contribution >= 0.6 is 0 Å². The fourth-order valence-corrected chi connectivity index (χ4v) is 2.62. The van der Waals surface area contributed by atoms with Crippen LogP contribution < -0.4 is 14.8 Å². The average Bonchev–Trinajstić information content (AvgIpc) is 2.91. The maximum absolute atomic E-state index is 11.9. The zero-order valence-electron chi connectivity index (χ0n) is 14.8. The van der Waals surface area contributed by atoms with Crippen LogP contribution in [0, 0.1) is 0 Å². The van der Waals surface area contributed by atoms with Crippen LogP contribution in [-0.4, -0.2) is 38.4 Å². The molecule has 1 aromatic rings. The van der Waals surface area contributed by atoms with Crippen molar-refractivity contribution in [3.63, 3.8) is 0 Å². The maximum atomic E-state index is 11.9. The van der Waals surface area contributed by atoms with Gasteiger partial charge in [-0.3, -0.25) is 4.79 Å². The molecular formula is C19H27NO4. The van der Waals surface area contributed by atoms with Crippen LogP contribution in [-0.2, 0) is 16.0 Å². The molecule has 0 aromatic heterocycles. The highest BCUT2D eigenvalue weighted by Gasteiger charge is 2.21. The van der Waals surface area contributed by atoms with Crippen LogP contribution in [0.25, 0.3) is 6.08 Å². The van der Waals surface area contributed by atoms with Crippen LogP contribution in [0.4, 0.5) is 0 Å². The topological polar surface area (TPSA) is 56.8 Å². The van der Waals surface area contributed by atoms with E-state index in [-0.39, 0.29) is 12.0 Å². The summed E-state index contributed by atoms with van der Waals surface area (Å²) in [5.74, 6) is 1.54. The van der Waals surface area contributed by atoms with Crippen molar-refractivity contribution in [3.8, 4) is 11.5 Å². The molecule has 1 amide bonds. The molecular weight excluding hydrogens is 306 g/mol. The van der Waals surface area contributed by atoms with Crippen LogP contribution in [0.3, 0.4) is 0 Å². The van der Waals surface area contributed by atoms with Gasteiger partial charge in [-0.2, -0.15) is 0 Å². The Kier molecular flexibility index (Phi) is 7.12. The lowest BCUT2D eigenvalue weighted by molar-refractivity contribution is -0.116. The molecule has 132 valence electrons. The number of rotatable bonds is 9. The summed E-state index contributed by atoms with van der Waals surface area (Å²) in [6.07, 6.45) is 5.18. The number of amides is 1. The first-order valence-corrected chi connectivity index (χ1v) is 8.64. The molecule has 5 nitrogen and oxygen atoms in total. The van der Waals surface area contributed by atoms with Crippen molar-refractivity contribution < 1.29 is 19.0 Å². The number of hydrogen-bond acceptors (Lipinski definition) is 4. The van der Waals surface area contributed by atoms with Gasteiger partial charge in [0.25, 0.3) is 0 Å². The van der Waals surface area contributed by atoms with Crippen LogP contribution in [0.2, 0.25) is 0 Å². The van der Waals surface area contributed by atoms with Gasteiger partial charge in [-0.15, -0.1) is 0 Å². The monoisotopic (exact) mass is 333 g/mol. The third kappa shape index (κ3) is 5.27. The second-order valence-electron chi connectivity index (χ2n) is 5.74. The summed E-state index contributed by atoms with van der Waals surface area (Å²) in [5, 5.41) is 2.84. The molecule has 1 heterocycles. The van der Waals surface area contributed by atoms with Gasteiger partial charge >= 0.3 is 0 Å². The molecule has 5 heteroatoms. The molecule has 1 N–H and O–H groups in total. The van der Waals surface area contributed by atoms with Crippen molar-refractivity contribution in [2.45, 2.75) is 39.7 Å². The molecule has 1 aliphatic heterocycles. The van der Waals surface area contributed by atoms with Gasteiger partial charge < -0.3 is 19.5 Å². The van der Waals surface area contributed by atoms with Crippen LogP contribution in [0.15, 0.2) is 18.2 Å². The van der Waals surface area contributed by atoms with Crippen molar-refractivity contribution in [2.24, 2.45) is 0 Å². The Morgan fingerprint density at radius 2 is 2.21 bits per heavy atom. The number of fused-ring (bicyclic) bond motifs is 1. The van der Waals surface area contributed by atoms with Gasteiger partial charge in [-0.1, -0.05) is 0 Å². The first kappa shape index (κ1) is 18.3. The Morgan fingerprint density at radius 1 is 1.38 bits per heavy atom. The number of hydrogen-bond donors (Lipinski definition) is 1. The standard InChI is InChI=1S/C19H27NO4/c1-4-22-10-6-9-20-19(21)8-7-15-12-18-16(11-14(3)24-18)13-17(15)23-5-2/h7-8,12-14H,4-6,9-11H2,1-3H3,(H,20,21)/b8-7+. The number of carbonyl (C=O) groups is 1. The molecule has 1 atom stereocenters. The molecule has 2 rings (SSSR count). The average molecular weight is 333 g/mol. The SMILES string of the molecule is CCOCCCNC(=O)/C=C/c1cc2c(cc1OCC)CC(C)O2. The first-order chi connectivity index (χ1) is 11.6. The largest absolute Gasteiger partial charge is 0.493 e. The maximum Gasteiger partial charge on any atom is 0.244 e. The number of ether oxygens (including phenoxy) is 3. The van der Waals surface area contributed by atoms with E-state index in [0.717, 1.165) is 35.5 Å². The molecule has 1 aromatic carbocycles. The highest BCUT2D eigenvalue weighted by atomic mass is 16.5. The predicted molar refractivity (Wildman–Crippen MR) is 94.6 cm³/mol. The molecule has 24 heavy (non-hydrogen) atoms. The predicted octanol–water partition coefficient (Wildman–Crippen LogP) is 2.96. The highest BCUT2D eigenvalue weighted by molar-refractivity contribution is 5.92. The Morgan fingerprint density at radius 3 is 2.96 bits per heavy atom. The number of nitrogens with one attached hydrogen (secondary N) is 1. The summed E-state index contributed by atoms with van der Waals surface area (Å²) in [4.78, 5) is 11.9. The van der Waals surface area contributed by atoms with E-state index in [1.54, 1.807) is 6.08 Å². The summed E-state index contributed by atoms with van der Waals surface area (Å²) < 4.78 is 16.7. The molecule has 0 saturated heterocycles. The second-order valence-corrected chi connectivity index (χ2v) is 5.74.